The van der Waals surface area contributed by atoms with Crippen LogP contribution in [0, 0.1) is 6.92 Å². The molecule has 1 aliphatic rings. The number of carbonyl (C=O) groups is 2. The molecule has 1 amide bonds. The molecule has 3 rings (SSSR count). The van der Waals surface area contributed by atoms with E-state index in [0.29, 0.717) is 41.4 Å². The summed E-state index contributed by atoms with van der Waals surface area (Å²) in [7, 11) is 6.04. The third kappa shape index (κ3) is 4.66. The molecule has 8 heteroatoms. The van der Waals surface area contributed by atoms with Crippen molar-refractivity contribution in [2.24, 2.45) is 0 Å². The molecule has 1 heterocycles. The van der Waals surface area contributed by atoms with Crippen molar-refractivity contribution in [1.29, 1.82) is 0 Å². The van der Waals surface area contributed by atoms with E-state index in [1.807, 2.05) is 19.1 Å². The largest absolute Gasteiger partial charge is 0.507 e. The van der Waals surface area contributed by atoms with Crippen LogP contribution in [-0.2, 0) is 14.3 Å². The number of aliphatic hydroxyl groups is 1. The number of ketones is 1. The zero-order valence-corrected chi connectivity index (χ0v) is 19.5. The fourth-order valence-electron chi connectivity index (χ4n) is 3.96. The summed E-state index contributed by atoms with van der Waals surface area (Å²) >= 11 is 0. The van der Waals surface area contributed by atoms with Gasteiger partial charge in [0.25, 0.3) is 11.7 Å². The lowest BCUT2D eigenvalue weighted by molar-refractivity contribution is -0.140. The minimum atomic E-state index is -0.836. The average molecular weight is 456 g/mol. The van der Waals surface area contributed by atoms with Crippen molar-refractivity contribution in [2.75, 3.05) is 41.6 Å². The molecular formula is C25H29NO7. The lowest BCUT2D eigenvalue weighted by Crippen LogP contribution is -2.31. The van der Waals surface area contributed by atoms with Crippen molar-refractivity contribution in [3.8, 4) is 17.2 Å². The number of hydrogen-bond acceptors (Lipinski definition) is 7. The van der Waals surface area contributed by atoms with Crippen molar-refractivity contribution in [1.82, 2.24) is 4.90 Å². The summed E-state index contributed by atoms with van der Waals surface area (Å²) in [6, 6.07) is 9.63. The molecule has 8 nitrogen and oxygen atoms in total. The van der Waals surface area contributed by atoms with Crippen LogP contribution < -0.4 is 14.2 Å². The van der Waals surface area contributed by atoms with E-state index in [1.165, 1.54) is 26.2 Å². The first-order chi connectivity index (χ1) is 15.9. The van der Waals surface area contributed by atoms with Crippen LogP contribution in [0.2, 0.25) is 0 Å². The number of methoxy groups -OCH3 is 4. The smallest absolute Gasteiger partial charge is 0.295 e. The standard InChI is InChI=1S/C25H29NO7/c1-15-7-9-16(10-8-15)22(27)20-21(26(11-6-12-30-2)25(29)23(20)28)17-13-18(31-3)24(33-5)19(14-17)32-4/h7-10,13-14,21,27H,6,11-12H2,1-5H3/b22-20+/t21-/m0/s1. The second-order valence-electron chi connectivity index (χ2n) is 7.66. The Morgan fingerprint density at radius 1 is 0.970 bits per heavy atom. The molecule has 176 valence electrons. The van der Waals surface area contributed by atoms with Gasteiger partial charge in [-0.2, -0.15) is 0 Å². The molecule has 0 aromatic heterocycles. The Kier molecular flexibility index (Phi) is 7.60. The van der Waals surface area contributed by atoms with E-state index in [0.717, 1.165) is 5.56 Å². The molecule has 0 radical (unpaired) electrons. The maximum Gasteiger partial charge on any atom is 0.295 e. The molecule has 1 N–H and O–H groups in total. The molecule has 0 bridgehead atoms. The van der Waals surface area contributed by atoms with Crippen molar-refractivity contribution in [3.05, 3.63) is 58.7 Å². The summed E-state index contributed by atoms with van der Waals surface area (Å²) in [6.45, 7) is 2.61. The summed E-state index contributed by atoms with van der Waals surface area (Å²) in [5, 5.41) is 11.1. The molecule has 1 aliphatic heterocycles. The van der Waals surface area contributed by atoms with Gasteiger partial charge in [-0.1, -0.05) is 29.8 Å². The van der Waals surface area contributed by atoms with Crippen molar-refractivity contribution in [2.45, 2.75) is 19.4 Å². The van der Waals surface area contributed by atoms with E-state index in [9.17, 15) is 14.7 Å². The highest BCUT2D eigenvalue weighted by molar-refractivity contribution is 6.46. The molecule has 0 unspecified atom stereocenters. The highest BCUT2D eigenvalue weighted by atomic mass is 16.5. The van der Waals surface area contributed by atoms with Gasteiger partial charge in [-0.05, 0) is 31.0 Å². The Hall–Kier alpha value is -3.52. The second-order valence-corrected chi connectivity index (χ2v) is 7.66. The van der Waals surface area contributed by atoms with Gasteiger partial charge in [0.2, 0.25) is 5.75 Å². The quantitative estimate of drug-likeness (QED) is 0.268. The van der Waals surface area contributed by atoms with Gasteiger partial charge >= 0.3 is 0 Å². The highest BCUT2D eigenvalue weighted by Crippen LogP contribution is 2.45. The van der Waals surface area contributed by atoms with Crippen LogP contribution in [-0.4, -0.2) is 63.3 Å². The summed E-state index contributed by atoms with van der Waals surface area (Å²) < 4.78 is 21.5. The Morgan fingerprint density at radius 2 is 1.58 bits per heavy atom. The number of ether oxygens (including phenoxy) is 4. The molecule has 0 saturated carbocycles. The topological polar surface area (TPSA) is 94.5 Å². The van der Waals surface area contributed by atoms with Crippen LogP contribution in [0.3, 0.4) is 0 Å². The van der Waals surface area contributed by atoms with Crippen molar-refractivity contribution in [3.63, 3.8) is 0 Å². The van der Waals surface area contributed by atoms with Gasteiger partial charge in [-0.15, -0.1) is 0 Å². The molecule has 1 saturated heterocycles. The van der Waals surface area contributed by atoms with Crippen LogP contribution >= 0.6 is 0 Å². The molecule has 0 aliphatic carbocycles. The Morgan fingerprint density at radius 3 is 2.09 bits per heavy atom. The first-order valence-corrected chi connectivity index (χ1v) is 10.5. The molecular weight excluding hydrogens is 426 g/mol. The normalized spacial score (nSPS) is 17.4. The molecule has 0 spiro atoms. The van der Waals surface area contributed by atoms with Gasteiger partial charge in [-0.3, -0.25) is 9.59 Å². The molecule has 2 aromatic carbocycles. The van der Waals surface area contributed by atoms with E-state index in [-0.39, 0.29) is 17.9 Å². The lowest BCUT2D eigenvalue weighted by atomic mass is 9.94. The van der Waals surface area contributed by atoms with E-state index in [2.05, 4.69) is 0 Å². The first-order valence-electron chi connectivity index (χ1n) is 10.5. The van der Waals surface area contributed by atoms with E-state index >= 15 is 0 Å². The fraction of sp³-hybridized carbons (Fsp3) is 0.360. The maximum atomic E-state index is 13.1. The number of Topliss-reactive ketones (excluding diaryl/α,β-unsaturated/α-hetero) is 1. The van der Waals surface area contributed by atoms with Gasteiger partial charge in [0.1, 0.15) is 5.76 Å². The number of benzene rings is 2. The highest BCUT2D eigenvalue weighted by Gasteiger charge is 2.46. The zero-order chi connectivity index (χ0) is 24.1. The van der Waals surface area contributed by atoms with Crippen LogP contribution in [0.4, 0.5) is 0 Å². The van der Waals surface area contributed by atoms with Gasteiger partial charge in [0, 0.05) is 25.8 Å². The third-order valence-electron chi connectivity index (χ3n) is 5.62. The maximum absolute atomic E-state index is 13.1. The van der Waals surface area contributed by atoms with Crippen LogP contribution in [0.15, 0.2) is 42.0 Å². The fourth-order valence-corrected chi connectivity index (χ4v) is 3.96. The number of aliphatic hydroxyl groups excluding tert-OH is 1. The van der Waals surface area contributed by atoms with Gasteiger partial charge < -0.3 is 29.0 Å². The predicted molar refractivity (Wildman–Crippen MR) is 123 cm³/mol. The number of carbonyl (C=O) groups excluding carboxylic acids is 2. The second kappa shape index (κ2) is 10.4. The number of hydrogen-bond donors (Lipinski definition) is 1. The monoisotopic (exact) mass is 455 g/mol. The first kappa shape index (κ1) is 24.1. The number of aryl methyl sites for hydroxylation is 1. The van der Waals surface area contributed by atoms with Crippen LogP contribution in [0.1, 0.15) is 29.2 Å². The molecule has 1 fully saturated rings. The Balaban J connectivity index is 2.22. The Bertz CT molecular complexity index is 1030. The number of rotatable bonds is 9. The third-order valence-corrected chi connectivity index (χ3v) is 5.62. The van der Waals surface area contributed by atoms with Crippen LogP contribution in [0.25, 0.3) is 5.76 Å². The van der Waals surface area contributed by atoms with E-state index in [1.54, 1.807) is 31.4 Å². The minimum Gasteiger partial charge on any atom is -0.507 e. The van der Waals surface area contributed by atoms with Gasteiger partial charge in [-0.25, -0.2) is 0 Å². The zero-order valence-electron chi connectivity index (χ0n) is 19.5. The summed E-state index contributed by atoms with van der Waals surface area (Å²) in [5.74, 6) is -0.517. The lowest BCUT2D eigenvalue weighted by Gasteiger charge is -2.26. The summed E-state index contributed by atoms with van der Waals surface area (Å²) in [4.78, 5) is 27.6. The van der Waals surface area contributed by atoms with Gasteiger partial charge in [0.15, 0.2) is 11.5 Å². The van der Waals surface area contributed by atoms with E-state index in [4.69, 9.17) is 18.9 Å². The average Bonchev–Trinajstić information content (AvgIpc) is 3.08. The summed E-state index contributed by atoms with van der Waals surface area (Å²) in [5.41, 5.74) is 2.02. The Labute approximate surface area is 193 Å². The molecule has 33 heavy (non-hydrogen) atoms. The van der Waals surface area contributed by atoms with Gasteiger partial charge in [0.05, 0.1) is 32.9 Å². The SMILES string of the molecule is COCCCN1C(=O)C(=O)/C(=C(/O)c2ccc(C)cc2)[C@@H]1c1cc(OC)c(OC)c(OC)c1. The van der Waals surface area contributed by atoms with E-state index < -0.39 is 17.7 Å². The minimum absolute atomic E-state index is 0.00976. The number of amides is 1. The number of likely N-dealkylation sites (tertiary alicyclic amines) is 1. The summed E-state index contributed by atoms with van der Waals surface area (Å²) in [6.07, 6.45) is 0.523. The number of nitrogens with zero attached hydrogens (tertiary/aromatic N) is 1. The van der Waals surface area contributed by atoms with Crippen LogP contribution in [0.5, 0.6) is 17.2 Å². The molecule has 2 aromatic rings. The predicted octanol–water partition coefficient (Wildman–Crippen LogP) is 3.48. The van der Waals surface area contributed by atoms with Crippen molar-refractivity contribution >= 4 is 17.4 Å². The van der Waals surface area contributed by atoms with Crippen molar-refractivity contribution < 1.29 is 33.6 Å². The molecule has 1 atom stereocenters.